The third kappa shape index (κ3) is 6.43. The number of fused-ring (bicyclic) bond motifs is 3. The lowest BCUT2D eigenvalue weighted by Crippen LogP contribution is -1.87. The molecule has 1 N–H and O–H groups in total. The third-order valence-corrected chi connectivity index (χ3v) is 10.9. The number of H-pyrrole nitrogens is 1. The zero-order valence-electron chi connectivity index (χ0n) is 30.3. The van der Waals surface area contributed by atoms with Gasteiger partial charge in [0.1, 0.15) is 0 Å². The predicted molar refractivity (Wildman–Crippen MR) is 234 cm³/mol. The highest BCUT2D eigenvalue weighted by molar-refractivity contribution is 6.08. The topological polar surface area (TPSA) is 15.8 Å². The molecule has 0 spiro atoms. The maximum atomic E-state index is 3.53. The molecule has 1 aromatic heterocycles. The highest BCUT2D eigenvalue weighted by Gasteiger charge is 2.10. The van der Waals surface area contributed by atoms with Gasteiger partial charge in [0.15, 0.2) is 0 Å². The number of aromatic amines is 1. The second kappa shape index (κ2) is 14.0. The van der Waals surface area contributed by atoms with Gasteiger partial charge in [0.25, 0.3) is 0 Å². The van der Waals surface area contributed by atoms with Crippen LogP contribution in [0.5, 0.6) is 0 Å². The fourth-order valence-electron chi connectivity index (χ4n) is 7.84. The summed E-state index contributed by atoms with van der Waals surface area (Å²) >= 11 is 0. The van der Waals surface area contributed by atoms with Gasteiger partial charge in [-0.3, -0.25) is 0 Å². The molecule has 258 valence electrons. The quantitative estimate of drug-likeness (QED) is 0.170. The number of hydrogen-bond acceptors (Lipinski definition) is 0. The molecule has 9 aromatic carbocycles. The van der Waals surface area contributed by atoms with Crippen LogP contribution < -0.4 is 0 Å². The van der Waals surface area contributed by atoms with Gasteiger partial charge in [0.05, 0.1) is 0 Å². The molecule has 10 aromatic rings. The maximum absolute atomic E-state index is 3.53. The highest BCUT2D eigenvalue weighted by atomic mass is 14.7. The average molecular weight is 700 g/mol. The Morgan fingerprint density at radius 3 is 0.909 bits per heavy atom. The Hall–Kier alpha value is -7.22. The van der Waals surface area contributed by atoms with E-state index in [1.807, 2.05) is 0 Å². The molecule has 0 aliphatic carbocycles. The van der Waals surface area contributed by atoms with Crippen molar-refractivity contribution in [2.24, 2.45) is 0 Å². The van der Waals surface area contributed by atoms with Crippen molar-refractivity contribution in [1.82, 2.24) is 4.98 Å². The van der Waals surface area contributed by atoms with Crippen LogP contribution >= 0.6 is 0 Å². The van der Waals surface area contributed by atoms with Crippen LogP contribution in [0.4, 0.5) is 0 Å². The number of aromatic nitrogens is 1. The van der Waals surface area contributed by atoms with Gasteiger partial charge in [-0.15, -0.1) is 0 Å². The molecule has 0 aliphatic heterocycles. The van der Waals surface area contributed by atoms with E-state index in [0.29, 0.717) is 0 Å². The summed E-state index contributed by atoms with van der Waals surface area (Å²) in [6.45, 7) is 0. The SMILES string of the molecule is c1ccc(-c2ccc(-c3cc(-c4ccccc4)cc(-c4ccc(-c5ccc(-c6ccc(-c7ccc8[nH]c9ccccc9c8c7)cc6)cc5)cc4)c3)cc2)cc1. The monoisotopic (exact) mass is 699 g/mol. The van der Waals surface area contributed by atoms with Gasteiger partial charge >= 0.3 is 0 Å². The molecule has 55 heavy (non-hydrogen) atoms. The Balaban J connectivity index is 0.900. The molecule has 0 bridgehead atoms. The summed E-state index contributed by atoms with van der Waals surface area (Å²) in [4.78, 5) is 3.53. The van der Waals surface area contributed by atoms with E-state index in [1.165, 1.54) is 99.7 Å². The Labute approximate surface area is 321 Å². The van der Waals surface area contributed by atoms with Crippen molar-refractivity contribution in [2.75, 3.05) is 0 Å². The predicted octanol–water partition coefficient (Wildman–Crippen LogP) is 15.0. The number of benzene rings is 9. The second-order valence-electron chi connectivity index (χ2n) is 14.3. The first kappa shape index (κ1) is 32.4. The molecular formula is C54H37N. The largest absolute Gasteiger partial charge is 0.355 e. The number of rotatable bonds is 7. The fourth-order valence-corrected chi connectivity index (χ4v) is 7.84. The summed E-state index contributed by atoms with van der Waals surface area (Å²) in [6.07, 6.45) is 0. The molecule has 0 fully saturated rings. The molecule has 0 radical (unpaired) electrons. The Kier molecular flexibility index (Phi) is 8.24. The molecule has 1 heterocycles. The lowest BCUT2D eigenvalue weighted by atomic mass is 9.92. The van der Waals surface area contributed by atoms with Gasteiger partial charge in [-0.25, -0.2) is 0 Å². The summed E-state index contributed by atoms with van der Waals surface area (Å²) in [6, 6.07) is 79.1. The smallest absolute Gasteiger partial charge is 0.0465 e. The Morgan fingerprint density at radius 1 is 0.182 bits per heavy atom. The normalized spacial score (nSPS) is 11.3. The standard InChI is InChI=1S/C54H37N/c1-3-9-37(10-4-1)39-21-27-45(28-22-39)49-33-48(38-11-5-2-6-12-38)34-50(35-49)46-29-23-43(24-30-46)41-17-15-40(16-18-41)42-19-25-44(26-20-42)47-31-32-54-52(36-47)51-13-7-8-14-53(51)55-54/h1-36,55H. The van der Waals surface area contributed by atoms with E-state index in [4.69, 9.17) is 0 Å². The summed E-state index contributed by atoms with van der Waals surface area (Å²) in [5.74, 6) is 0. The molecule has 0 atom stereocenters. The van der Waals surface area contributed by atoms with Crippen molar-refractivity contribution in [3.05, 3.63) is 218 Å². The van der Waals surface area contributed by atoms with Crippen molar-refractivity contribution in [2.45, 2.75) is 0 Å². The van der Waals surface area contributed by atoms with Gasteiger partial charge < -0.3 is 4.98 Å². The number of para-hydroxylation sites is 1. The first-order valence-corrected chi connectivity index (χ1v) is 18.9. The number of nitrogens with one attached hydrogen (secondary N) is 1. The van der Waals surface area contributed by atoms with Crippen LogP contribution in [0.1, 0.15) is 0 Å². The first-order valence-electron chi connectivity index (χ1n) is 18.9. The highest BCUT2D eigenvalue weighted by Crippen LogP contribution is 2.36. The maximum Gasteiger partial charge on any atom is 0.0465 e. The Bertz CT molecular complexity index is 2900. The number of hydrogen-bond donors (Lipinski definition) is 1. The zero-order valence-corrected chi connectivity index (χ0v) is 30.3. The molecular weight excluding hydrogens is 663 g/mol. The molecule has 0 saturated heterocycles. The average Bonchev–Trinajstić information content (AvgIpc) is 3.65. The molecule has 1 nitrogen and oxygen atoms in total. The molecule has 0 amide bonds. The van der Waals surface area contributed by atoms with Gasteiger partial charge in [-0.05, 0) is 114 Å². The second-order valence-corrected chi connectivity index (χ2v) is 14.3. The van der Waals surface area contributed by atoms with Gasteiger partial charge in [-0.1, -0.05) is 182 Å². The minimum atomic E-state index is 1.17. The van der Waals surface area contributed by atoms with Crippen LogP contribution in [0, 0.1) is 0 Å². The van der Waals surface area contributed by atoms with Crippen LogP contribution in [0.2, 0.25) is 0 Å². The van der Waals surface area contributed by atoms with Crippen molar-refractivity contribution < 1.29 is 0 Å². The zero-order chi connectivity index (χ0) is 36.6. The van der Waals surface area contributed by atoms with E-state index in [1.54, 1.807) is 0 Å². The molecule has 0 aliphatic rings. The van der Waals surface area contributed by atoms with Crippen LogP contribution in [0.3, 0.4) is 0 Å². The van der Waals surface area contributed by atoms with Crippen molar-refractivity contribution in [3.63, 3.8) is 0 Å². The van der Waals surface area contributed by atoms with Crippen LogP contribution in [-0.2, 0) is 0 Å². The summed E-state index contributed by atoms with van der Waals surface area (Å²) < 4.78 is 0. The fraction of sp³-hybridized carbons (Fsp3) is 0. The minimum Gasteiger partial charge on any atom is -0.355 e. The minimum absolute atomic E-state index is 1.17. The summed E-state index contributed by atoms with van der Waals surface area (Å²) in [5.41, 5.74) is 19.3. The first-order chi connectivity index (χ1) is 27.2. The lowest BCUT2D eigenvalue weighted by Gasteiger charge is -2.13. The van der Waals surface area contributed by atoms with Crippen LogP contribution in [-0.4, -0.2) is 4.98 Å². The van der Waals surface area contributed by atoms with Gasteiger partial charge in [0, 0.05) is 21.8 Å². The van der Waals surface area contributed by atoms with E-state index < -0.39 is 0 Å². The van der Waals surface area contributed by atoms with Gasteiger partial charge in [-0.2, -0.15) is 0 Å². The van der Waals surface area contributed by atoms with E-state index in [2.05, 4.69) is 223 Å². The van der Waals surface area contributed by atoms with E-state index >= 15 is 0 Å². The molecule has 10 rings (SSSR count). The summed E-state index contributed by atoms with van der Waals surface area (Å²) in [7, 11) is 0. The van der Waals surface area contributed by atoms with Crippen molar-refractivity contribution >= 4 is 21.8 Å². The van der Waals surface area contributed by atoms with Crippen LogP contribution in [0.15, 0.2) is 218 Å². The van der Waals surface area contributed by atoms with Gasteiger partial charge in [0.2, 0.25) is 0 Å². The van der Waals surface area contributed by atoms with E-state index in [-0.39, 0.29) is 0 Å². The van der Waals surface area contributed by atoms with E-state index in [0.717, 1.165) is 0 Å². The van der Waals surface area contributed by atoms with Crippen LogP contribution in [0.25, 0.3) is 99.7 Å². The molecule has 0 unspecified atom stereocenters. The molecule has 0 saturated carbocycles. The third-order valence-electron chi connectivity index (χ3n) is 10.9. The molecule has 1 heteroatoms. The summed E-state index contributed by atoms with van der Waals surface area (Å²) in [5, 5.41) is 2.52. The lowest BCUT2D eigenvalue weighted by molar-refractivity contribution is 1.54. The van der Waals surface area contributed by atoms with E-state index in [9.17, 15) is 0 Å². The van der Waals surface area contributed by atoms with Crippen molar-refractivity contribution in [1.29, 1.82) is 0 Å². The van der Waals surface area contributed by atoms with Crippen molar-refractivity contribution in [3.8, 4) is 77.9 Å². The Morgan fingerprint density at radius 2 is 0.473 bits per heavy atom.